The molecule has 2 rings (SSSR count). The number of hydrogen-bond acceptors (Lipinski definition) is 5. The van der Waals surface area contributed by atoms with E-state index in [0.29, 0.717) is 15.3 Å². The van der Waals surface area contributed by atoms with Crippen LogP contribution in [0.1, 0.15) is 11.3 Å². The standard InChI is InChI=1S/C12H6N4OS/c13-7-9-1-3-15-12(5-9)18-11-2-4-16(17)10(6-11)8-14/h1-6H. The molecular weight excluding hydrogens is 248 g/mol. The highest BCUT2D eigenvalue weighted by Gasteiger charge is 2.07. The minimum atomic E-state index is 0.0245. The van der Waals surface area contributed by atoms with Crippen molar-refractivity contribution in [2.45, 2.75) is 9.92 Å². The fourth-order valence-corrected chi connectivity index (χ4v) is 2.11. The molecule has 0 fully saturated rings. The molecule has 0 amide bonds. The van der Waals surface area contributed by atoms with Crippen LogP contribution in [0.5, 0.6) is 0 Å². The largest absolute Gasteiger partial charge is 0.618 e. The molecule has 0 bridgehead atoms. The molecule has 18 heavy (non-hydrogen) atoms. The van der Waals surface area contributed by atoms with Gasteiger partial charge >= 0.3 is 0 Å². The van der Waals surface area contributed by atoms with E-state index in [4.69, 9.17) is 10.5 Å². The van der Waals surface area contributed by atoms with Crippen LogP contribution in [0.15, 0.2) is 46.6 Å². The van der Waals surface area contributed by atoms with Crippen LogP contribution in [0.4, 0.5) is 0 Å². The molecule has 0 unspecified atom stereocenters. The Balaban J connectivity index is 2.29. The third kappa shape index (κ3) is 2.57. The first-order chi connectivity index (χ1) is 8.72. The number of pyridine rings is 2. The summed E-state index contributed by atoms with van der Waals surface area (Å²) in [4.78, 5) is 4.83. The van der Waals surface area contributed by atoms with Crippen molar-refractivity contribution in [3.63, 3.8) is 0 Å². The van der Waals surface area contributed by atoms with Gasteiger partial charge in [-0.2, -0.15) is 15.3 Å². The van der Waals surface area contributed by atoms with Gasteiger partial charge in [0.2, 0.25) is 0 Å². The molecule has 0 spiro atoms. The Morgan fingerprint density at radius 3 is 2.78 bits per heavy atom. The van der Waals surface area contributed by atoms with Crippen molar-refractivity contribution >= 4 is 11.8 Å². The zero-order valence-electron chi connectivity index (χ0n) is 9.07. The Bertz CT molecular complexity index is 673. The smallest absolute Gasteiger partial charge is 0.295 e. The summed E-state index contributed by atoms with van der Waals surface area (Å²) in [6, 6.07) is 10.2. The van der Waals surface area contributed by atoms with Crippen LogP contribution in [0.25, 0.3) is 0 Å². The normalized spacial score (nSPS) is 9.44. The maximum Gasteiger partial charge on any atom is 0.295 e. The molecule has 0 radical (unpaired) electrons. The van der Waals surface area contributed by atoms with Gasteiger partial charge in [-0.05, 0) is 12.1 Å². The Kier molecular flexibility index (Phi) is 3.42. The molecule has 0 aromatic carbocycles. The van der Waals surface area contributed by atoms with Crippen LogP contribution >= 0.6 is 11.8 Å². The zero-order valence-corrected chi connectivity index (χ0v) is 9.89. The predicted molar refractivity (Wildman–Crippen MR) is 63.2 cm³/mol. The maximum absolute atomic E-state index is 11.2. The molecule has 86 valence electrons. The van der Waals surface area contributed by atoms with E-state index >= 15 is 0 Å². The van der Waals surface area contributed by atoms with E-state index in [1.807, 2.05) is 12.1 Å². The van der Waals surface area contributed by atoms with Gasteiger partial charge in [-0.1, -0.05) is 11.8 Å². The summed E-state index contributed by atoms with van der Waals surface area (Å²) in [5, 5.41) is 29.3. The molecule has 0 saturated carbocycles. The first-order valence-electron chi connectivity index (χ1n) is 4.90. The van der Waals surface area contributed by atoms with Gasteiger partial charge in [-0.15, -0.1) is 0 Å². The van der Waals surface area contributed by atoms with Crippen molar-refractivity contribution in [2.75, 3.05) is 0 Å². The topological polar surface area (TPSA) is 87.4 Å². The van der Waals surface area contributed by atoms with Crippen molar-refractivity contribution in [3.05, 3.63) is 53.1 Å². The van der Waals surface area contributed by atoms with Gasteiger partial charge in [0.05, 0.1) is 11.6 Å². The van der Waals surface area contributed by atoms with E-state index in [-0.39, 0.29) is 5.69 Å². The van der Waals surface area contributed by atoms with Crippen molar-refractivity contribution in [2.24, 2.45) is 0 Å². The zero-order chi connectivity index (χ0) is 13.0. The maximum atomic E-state index is 11.2. The molecule has 2 heterocycles. The minimum absolute atomic E-state index is 0.0245. The second kappa shape index (κ2) is 5.17. The highest BCUT2D eigenvalue weighted by atomic mass is 32.2. The lowest BCUT2D eigenvalue weighted by Crippen LogP contribution is -2.29. The number of hydrogen-bond donors (Lipinski definition) is 0. The van der Waals surface area contributed by atoms with Crippen molar-refractivity contribution < 1.29 is 4.73 Å². The number of rotatable bonds is 2. The fraction of sp³-hybridized carbons (Fsp3) is 0. The summed E-state index contributed by atoms with van der Waals surface area (Å²) >= 11 is 1.29. The fourth-order valence-electron chi connectivity index (χ4n) is 1.27. The van der Waals surface area contributed by atoms with Gasteiger partial charge in [-0.25, -0.2) is 4.98 Å². The van der Waals surface area contributed by atoms with Gasteiger partial charge in [-0.3, -0.25) is 0 Å². The molecule has 0 aliphatic heterocycles. The van der Waals surface area contributed by atoms with Gasteiger partial charge < -0.3 is 5.21 Å². The summed E-state index contributed by atoms with van der Waals surface area (Å²) in [6.45, 7) is 0. The van der Waals surface area contributed by atoms with Gasteiger partial charge in [0, 0.05) is 23.2 Å². The summed E-state index contributed by atoms with van der Waals surface area (Å²) in [5.41, 5.74) is 0.541. The van der Waals surface area contributed by atoms with Crippen LogP contribution < -0.4 is 4.73 Å². The van der Waals surface area contributed by atoms with Crippen LogP contribution in [-0.2, 0) is 0 Å². The summed E-state index contributed by atoms with van der Waals surface area (Å²) in [6.07, 6.45) is 2.82. The highest BCUT2D eigenvalue weighted by Crippen LogP contribution is 2.25. The average Bonchev–Trinajstić information content (AvgIpc) is 2.41. The highest BCUT2D eigenvalue weighted by molar-refractivity contribution is 7.99. The van der Waals surface area contributed by atoms with Gasteiger partial charge in [0.1, 0.15) is 5.03 Å². The lowest BCUT2D eigenvalue weighted by Gasteiger charge is -2.02. The summed E-state index contributed by atoms with van der Waals surface area (Å²) < 4.78 is 0.503. The van der Waals surface area contributed by atoms with Crippen molar-refractivity contribution in [3.8, 4) is 12.1 Å². The molecule has 6 heteroatoms. The lowest BCUT2D eigenvalue weighted by atomic mass is 10.3. The molecule has 0 N–H and O–H groups in total. The van der Waals surface area contributed by atoms with E-state index in [0.717, 1.165) is 4.90 Å². The third-order valence-corrected chi connectivity index (χ3v) is 3.01. The number of nitrogens with zero attached hydrogens (tertiary/aromatic N) is 4. The SMILES string of the molecule is N#Cc1ccnc(Sc2cc[n+]([O-])c(C#N)c2)c1. The van der Waals surface area contributed by atoms with Crippen LogP contribution in [0.2, 0.25) is 0 Å². The minimum Gasteiger partial charge on any atom is -0.618 e. The average molecular weight is 254 g/mol. The van der Waals surface area contributed by atoms with E-state index in [1.54, 1.807) is 24.4 Å². The molecule has 5 nitrogen and oxygen atoms in total. The second-order valence-corrected chi connectivity index (χ2v) is 4.38. The van der Waals surface area contributed by atoms with Crippen molar-refractivity contribution in [1.82, 2.24) is 4.98 Å². The Morgan fingerprint density at radius 1 is 1.22 bits per heavy atom. The number of nitriles is 2. The van der Waals surface area contributed by atoms with E-state index in [9.17, 15) is 5.21 Å². The number of aromatic nitrogens is 2. The first-order valence-corrected chi connectivity index (χ1v) is 5.72. The molecule has 0 aliphatic carbocycles. The Hall–Kier alpha value is -2.57. The van der Waals surface area contributed by atoms with E-state index < -0.39 is 0 Å². The molecule has 0 aliphatic rings. The lowest BCUT2D eigenvalue weighted by molar-refractivity contribution is -0.608. The molecule has 2 aromatic rings. The van der Waals surface area contributed by atoms with Crippen LogP contribution in [0, 0.1) is 27.9 Å². The van der Waals surface area contributed by atoms with E-state index in [1.165, 1.54) is 24.0 Å². The molecule has 0 atom stereocenters. The van der Waals surface area contributed by atoms with Crippen molar-refractivity contribution in [1.29, 1.82) is 10.5 Å². The Labute approximate surface area is 108 Å². The van der Waals surface area contributed by atoms with E-state index in [2.05, 4.69) is 4.98 Å². The van der Waals surface area contributed by atoms with Crippen LogP contribution in [0.3, 0.4) is 0 Å². The summed E-state index contributed by atoms with van der Waals surface area (Å²) in [7, 11) is 0. The first kappa shape index (κ1) is 11.9. The predicted octanol–water partition coefficient (Wildman–Crippen LogP) is 1.61. The summed E-state index contributed by atoms with van der Waals surface area (Å²) in [5.74, 6) is 0. The molecule has 2 aromatic heterocycles. The molecule has 0 saturated heterocycles. The van der Waals surface area contributed by atoms with Gasteiger partial charge in [0.25, 0.3) is 5.69 Å². The third-order valence-electron chi connectivity index (χ3n) is 2.09. The van der Waals surface area contributed by atoms with Crippen LogP contribution in [-0.4, -0.2) is 4.98 Å². The van der Waals surface area contributed by atoms with Gasteiger partial charge in [0.15, 0.2) is 12.3 Å². The quantitative estimate of drug-likeness (QED) is 0.600. The molecular formula is C12H6N4OS. The Morgan fingerprint density at radius 2 is 2.06 bits per heavy atom. The monoisotopic (exact) mass is 254 g/mol. The second-order valence-electron chi connectivity index (χ2n) is 3.28.